The van der Waals surface area contributed by atoms with Crippen LogP contribution in [0.25, 0.3) is 0 Å². The Balaban J connectivity index is 2.18. The number of nitrogens with one attached hydrogen (secondary N) is 1. The Morgan fingerprint density at radius 2 is 2.30 bits per heavy atom. The number of aryl methyl sites for hydroxylation is 1. The number of halogens is 1. The van der Waals surface area contributed by atoms with Crippen molar-refractivity contribution >= 4 is 5.91 Å². The predicted octanol–water partition coefficient (Wildman–Crippen LogP) is 2.74. The van der Waals surface area contributed by atoms with Gasteiger partial charge < -0.3 is 10.2 Å². The number of amides is 1. The normalized spacial score (nSPS) is 18.9. The third-order valence-corrected chi connectivity index (χ3v) is 3.86. The van der Waals surface area contributed by atoms with Gasteiger partial charge in [0.05, 0.1) is 0 Å². The Morgan fingerprint density at radius 1 is 1.50 bits per heavy atom. The smallest absolute Gasteiger partial charge is 0.254 e. The topological polar surface area (TPSA) is 32.3 Å². The van der Waals surface area contributed by atoms with Crippen molar-refractivity contribution in [3.8, 4) is 0 Å². The second-order valence-corrected chi connectivity index (χ2v) is 5.46. The van der Waals surface area contributed by atoms with Gasteiger partial charge >= 0.3 is 0 Å². The van der Waals surface area contributed by atoms with Crippen LogP contribution < -0.4 is 5.32 Å². The summed E-state index contributed by atoms with van der Waals surface area (Å²) in [5.41, 5.74) is 1.02. The number of piperidine rings is 1. The number of rotatable bonds is 4. The second kappa shape index (κ2) is 6.84. The highest BCUT2D eigenvalue weighted by Gasteiger charge is 2.25. The van der Waals surface area contributed by atoms with E-state index in [-0.39, 0.29) is 17.8 Å². The molecule has 0 aromatic heterocycles. The first-order valence-corrected chi connectivity index (χ1v) is 7.41. The Labute approximate surface area is 120 Å². The molecule has 0 saturated carbocycles. The molecule has 0 bridgehead atoms. The summed E-state index contributed by atoms with van der Waals surface area (Å²) in [4.78, 5) is 14.5. The molecule has 1 fully saturated rings. The van der Waals surface area contributed by atoms with E-state index < -0.39 is 0 Å². The maximum atomic E-state index is 13.6. The molecule has 0 radical (unpaired) electrons. The fraction of sp³-hybridized carbons (Fsp3) is 0.562. The molecule has 1 aromatic carbocycles. The van der Waals surface area contributed by atoms with E-state index in [1.165, 1.54) is 6.07 Å². The summed E-state index contributed by atoms with van der Waals surface area (Å²) in [6.07, 6.45) is 3.02. The highest BCUT2D eigenvalue weighted by atomic mass is 19.1. The SMILES string of the molecule is CCCN(C(=O)c1ccc(C)c(F)c1)C1CCCNC1. The fourth-order valence-corrected chi connectivity index (χ4v) is 2.68. The molecule has 0 aliphatic carbocycles. The van der Waals surface area contributed by atoms with Crippen molar-refractivity contribution in [3.05, 3.63) is 35.1 Å². The molecular formula is C16H23FN2O. The molecule has 1 aliphatic heterocycles. The third-order valence-electron chi connectivity index (χ3n) is 3.86. The van der Waals surface area contributed by atoms with Gasteiger partial charge in [-0.2, -0.15) is 0 Å². The Morgan fingerprint density at radius 3 is 2.90 bits per heavy atom. The molecule has 20 heavy (non-hydrogen) atoms. The van der Waals surface area contributed by atoms with Gasteiger partial charge in [-0.3, -0.25) is 4.79 Å². The summed E-state index contributed by atoms with van der Waals surface area (Å²) in [5, 5.41) is 3.33. The highest BCUT2D eigenvalue weighted by molar-refractivity contribution is 5.94. The molecule has 0 spiro atoms. The number of carbonyl (C=O) groups is 1. The number of nitrogens with zero attached hydrogens (tertiary/aromatic N) is 1. The van der Waals surface area contributed by atoms with Gasteiger partial charge in [0.25, 0.3) is 5.91 Å². The maximum Gasteiger partial charge on any atom is 0.254 e. The van der Waals surface area contributed by atoms with Crippen molar-refractivity contribution in [2.24, 2.45) is 0 Å². The minimum Gasteiger partial charge on any atom is -0.334 e. The van der Waals surface area contributed by atoms with Crippen LogP contribution in [-0.2, 0) is 0 Å². The average molecular weight is 278 g/mol. The summed E-state index contributed by atoms with van der Waals surface area (Å²) in [5.74, 6) is -0.367. The Kier molecular flexibility index (Phi) is 5.12. The van der Waals surface area contributed by atoms with Crippen molar-refractivity contribution < 1.29 is 9.18 Å². The van der Waals surface area contributed by atoms with Crippen LogP contribution >= 0.6 is 0 Å². The lowest BCUT2D eigenvalue weighted by molar-refractivity contribution is 0.0648. The molecule has 1 atom stereocenters. The van der Waals surface area contributed by atoms with E-state index in [9.17, 15) is 9.18 Å². The fourth-order valence-electron chi connectivity index (χ4n) is 2.68. The van der Waals surface area contributed by atoms with Gasteiger partial charge in [-0.15, -0.1) is 0 Å². The molecule has 3 nitrogen and oxygen atoms in total. The molecule has 1 unspecified atom stereocenters. The van der Waals surface area contributed by atoms with E-state index in [0.717, 1.165) is 38.9 Å². The molecule has 1 heterocycles. The molecule has 1 aromatic rings. The summed E-state index contributed by atoms with van der Waals surface area (Å²) in [6, 6.07) is 4.97. The maximum absolute atomic E-state index is 13.6. The summed E-state index contributed by atoms with van der Waals surface area (Å²) < 4.78 is 13.6. The van der Waals surface area contributed by atoms with Gasteiger partial charge in [-0.1, -0.05) is 13.0 Å². The molecule has 1 saturated heterocycles. The lowest BCUT2D eigenvalue weighted by Crippen LogP contribution is -2.49. The van der Waals surface area contributed by atoms with Crippen LogP contribution in [0.1, 0.15) is 42.1 Å². The third kappa shape index (κ3) is 3.37. The van der Waals surface area contributed by atoms with Gasteiger partial charge in [0.15, 0.2) is 0 Å². The first-order chi connectivity index (χ1) is 9.63. The molecule has 2 rings (SSSR count). The lowest BCUT2D eigenvalue weighted by Gasteiger charge is -2.34. The standard InChI is InChI=1S/C16H23FN2O/c1-3-9-19(14-5-4-8-18-11-14)16(20)13-7-6-12(2)15(17)10-13/h6-7,10,14,18H,3-5,8-9,11H2,1-2H3. The monoisotopic (exact) mass is 278 g/mol. The first-order valence-electron chi connectivity index (χ1n) is 7.41. The van der Waals surface area contributed by atoms with E-state index in [1.54, 1.807) is 19.1 Å². The van der Waals surface area contributed by atoms with Crippen molar-refractivity contribution in [3.63, 3.8) is 0 Å². The van der Waals surface area contributed by atoms with E-state index in [1.807, 2.05) is 4.90 Å². The average Bonchev–Trinajstić information content (AvgIpc) is 2.48. The number of benzene rings is 1. The minimum atomic E-state index is -0.311. The van der Waals surface area contributed by atoms with Crippen LogP contribution in [0, 0.1) is 12.7 Å². The van der Waals surface area contributed by atoms with Crippen LogP contribution in [0.2, 0.25) is 0 Å². The molecular weight excluding hydrogens is 255 g/mol. The predicted molar refractivity (Wildman–Crippen MR) is 78.4 cm³/mol. The lowest BCUT2D eigenvalue weighted by atomic mass is 10.0. The van der Waals surface area contributed by atoms with Crippen LogP contribution in [0.15, 0.2) is 18.2 Å². The van der Waals surface area contributed by atoms with Crippen LogP contribution in [0.4, 0.5) is 4.39 Å². The van der Waals surface area contributed by atoms with Crippen molar-refractivity contribution in [2.45, 2.75) is 39.2 Å². The minimum absolute atomic E-state index is 0.0561. The Hall–Kier alpha value is -1.42. The molecule has 1 N–H and O–H groups in total. The van der Waals surface area contributed by atoms with Gasteiger partial charge in [0.2, 0.25) is 0 Å². The van der Waals surface area contributed by atoms with Crippen molar-refractivity contribution in [1.82, 2.24) is 10.2 Å². The zero-order valence-corrected chi connectivity index (χ0v) is 12.3. The number of carbonyl (C=O) groups excluding carboxylic acids is 1. The van der Waals surface area contributed by atoms with E-state index >= 15 is 0 Å². The second-order valence-electron chi connectivity index (χ2n) is 5.46. The zero-order chi connectivity index (χ0) is 14.5. The number of hydrogen-bond donors (Lipinski definition) is 1. The highest BCUT2D eigenvalue weighted by Crippen LogP contribution is 2.17. The molecule has 4 heteroatoms. The van der Waals surface area contributed by atoms with Crippen LogP contribution in [0.3, 0.4) is 0 Å². The van der Waals surface area contributed by atoms with E-state index in [4.69, 9.17) is 0 Å². The van der Waals surface area contributed by atoms with Crippen molar-refractivity contribution in [2.75, 3.05) is 19.6 Å². The van der Waals surface area contributed by atoms with Gasteiger partial charge in [0.1, 0.15) is 5.82 Å². The zero-order valence-electron chi connectivity index (χ0n) is 12.3. The molecule has 110 valence electrons. The van der Waals surface area contributed by atoms with Crippen LogP contribution in [0.5, 0.6) is 0 Å². The van der Waals surface area contributed by atoms with E-state index in [2.05, 4.69) is 12.2 Å². The van der Waals surface area contributed by atoms with Gasteiger partial charge in [-0.25, -0.2) is 4.39 Å². The van der Waals surface area contributed by atoms with Crippen LogP contribution in [-0.4, -0.2) is 36.5 Å². The number of hydrogen-bond acceptors (Lipinski definition) is 2. The summed E-state index contributed by atoms with van der Waals surface area (Å²) in [6.45, 7) is 6.34. The van der Waals surface area contributed by atoms with Crippen molar-refractivity contribution in [1.29, 1.82) is 0 Å². The summed E-state index contributed by atoms with van der Waals surface area (Å²) in [7, 11) is 0. The largest absolute Gasteiger partial charge is 0.334 e. The van der Waals surface area contributed by atoms with E-state index in [0.29, 0.717) is 11.1 Å². The Bertz CT molecular complexity index is 470. The van der Waals surface area contributed by atoms with Gasteiger partial charge in [0, 0.05) is 24.7 Å². The van der Waals surface area contributed by atoms with Gasteiger partial charge in [-0.05, 0) is 50.4 Å². The summed E-state index contributed by atoms with van der Waals surface area (Å²) >= 11 is 0. The molecule has 1 amide bonds. The quantitative estimate of drug-likeness (QED) is 0.918. The first kappa shape index (κ1) is 15.0. The molecule has 1 aliphatic rings.